The van der Waals surface area contributed by atoms with Gasteiger partial charge < -0.3 is 9.64 Å². The van der Waals surface area contributed by atoms with Gasteiger partial charge in [0, 0.05) is 37.0 Å². The molecule has 2 amide bonds. The first-order valence-electron chi connectivity index (χ1n) is 11.5. The number of thiazole rings is 1. The van der Waals surface area contributed by atoms with Crippen molar-refractivity contribution < 1.29 is 14.3 Å². The molecular formula is C23H26N6O4S. The molecule has 1 fully saturated rings. The zero-order valence-corrected chi connectivity index (χ0v) is 19.5. The Bertz CT molecular complexity index is 1280. The molecule has 0 aliphatic carbocycles. The molecule has 178 valence electrons. The van der Waals surface area contributed by atoms with Crippen molar-refractivity contribution in [2.75, 3.05) is 31.2 Å². The molecular weight excluding hydrogens is 456 g/mol. The highest BCUT2D eigenvalue weighted by Crippen LogP contribution is 2.21. The molecule has 0 atom stereocenters. The number of benzene rings is 1. The molecule has 34 heavy (non-hydrogen) atoms. The van der Waals surface area contributed by atoms with Crippen LogP contribution in [0.2, 0.25) is 0 Å². The Morgan fingerprint density at radius 2 is 1.76 bits per heavy atom. The minimum absolute atomic E-state index is 0.0678. The topological polar surface area (TPSA) is 118 Å². The van der Waals surface area contributed by atoms with Crippen LogP contribution in [-0.2, 0) is 17.7 Å². The van der Waals surface area contributed by atoms with Crippen LogP contribution in [0, 0.1) is 0 Å². The van der Waals surface area contributed by atoms with Crippen molar-refractivity contribution in [3.8, 4) is 0 Å². The maximum Gasteiger partial charge on any atom is 0.289 e. The van der Waals surface area contributed by atoms with Gasteiger partial charge in [-0.1, -0.05) is 12.8 Å². The van der Waals surface area contributed by atoms with Crippen molar-refractivity contribution >= 4 is 39.2 Å². The smallest absolute Gasteiger partial charge is 0.289 e. The zero-order valence-electron chi connectivity index (χ0n) is 18.7. The van der Waals surface area contributed by atoms with E-state index >= 15 is 0 Å². The van der Waals surface area contributed by atoms with Gasteiger partial charge in [-0.15, -0.1) is 11.3 Å². The molecule has 3 aromatic rings. The summed E-state index contributed by atoms with van der Waals surface area (Å²) >= 11 is 1.38. The van der Waals surface area contributed by atoms with E-state index in [-0.39, 0.29) is 11.3 Å². The number of fused-ring (bicyclic) bond motifs is 2. The summed E-state index contributed by atoms with van der Waals surface area (Å²) in [6, 6.07) is 4.79. The van der Waals surface area contributed by atoms with Crippen LogP contribution < -0.4 is 21.3 Å². The summed E-state index contributed by atoms with van der Waals surface area (Å²) in [5.41, 5.74) is 5.81. The average Bonchev–Trinajstić information content (AvgIpc) is 3.34. The van der Waals surface area contributed by atoms with Crippen molar-refractivity contribution in [3.63, 3.8) is 0 Å². The molecule has 2 aliphatic rings. The minimum atomic E-state index is -0.498. The Morgan fingerprint density at radius 3 is 2.62 bits per heavy atom. The fraction of sp³-hybridized carbons (Fsp3) is 0.435. The van der Waals surface area contributed by atoms with Crippen molar-refractivity contribution in [1.29, 1.82) is 0 Å². The molecule has 0 unspecified atom stereocenters. The molecule has 11 heteroatoms. The van der Waals surface area contributed by atoms with E-state index in [1.54, 1.807) is 28.1 Å². The van der Waals surface area contributed by atoms with Gasteiger partial charge >= 0.3 is 0 Å². The Kier molecular flexibility index (Phi) is 6.54. The normalized spacial score (nSPS) is 16.4. The quantitative estimate of drug-likeness (QED) is 0.547. The minimum Gasteiger partial charge on any atom is -0.378 e. The second-order valence-electron chi connectivity index (χ2n) is 8.40. The first-order valence-corrected chi connectivity index (χ1v) is 12.4. The predicted molar refractivity (Wildman–Crippen MR) is 128 cm³/mol. The summed E-state index contributed by atoms with van der Waals surface area (Å²) in [4.78, 5) is 49.2. The molecule has 2 N–H and O–H groups in total. The molecule has 2 aliphatic heterocycles. The van der Waals surface area contributed by atoms with Gasteiger partial charge in [0.15, 0.2) is 5.13 Å². The summed E-state index contributed by atoms with van der Waals surface area (Å²) < 4.78 is 7.10. The highest BCUT2D eigenvalue weighted by molar-refractivity contribution is 7.13. The summed E-state index contributed by atoms with van der Waals surface area (Å²) in [6.07, 6.45) is 4.95. The number of anilines is 1. The number of carbonyl (C=O) groups excluding carboxylic acids is 2. The van der Waals surface area contributed by atoms with Gasteiger partial charge in [0.05, 0.1) is 24.1 Å². The standard InChI is InChI=1S/C23H26N6O4S/c30-20(26-27-21(31)18-14-34-23(25-18)28-9-11-33-12-10-28)15-6-7-16-17(13-15)24-19-5-3-1-2-4-8-29(19)22(16)32/h6-7,13-14H,1-5,8-12H2,(H,26,30)(H,27,31). The van der Waals surface area contributed by atoms with Gasteiger partial charge in [0.25, 0.3) is 17.4 Å². The number of nitrogens with one attached hydrogen (secondary N) is 2. The third-order valence-corrected chi connectivity index (χ3v) is 7.03. The van der Waals surface area contributed by atoms with E-state index in [0.29, 0.717) is 36.2 Å². The van der Waals surface area contributed by atoms with E-state index in [0.717, 1.165) is 56.1 Å². The van der Waals surface area contributed by atoms with Gasteiger partial charge in [-0.2, -0.15) is 0 Å². The second-order valence-corrected chi connectivity index (χ2v) is 9.24. The van der Waals surface area contributed by atoms with Crippen LogP contribution in [0.1, 0.15) is 52.4 Å². The van der Waals surface area contributed by atoms with Crippen molar-refractivity contribution in [2.45, 2.75) is 38.6 Å². The molecule has 1 saturated heterocycles. The summed E-state index contributed by atoms with van der Waals surface area (Å²) in [7, 11) is 0. The summed E-state index contributed by atoms with van der Waals surface area (Å²) in [5, 5.41) is 2.90. The van der Waals surface area contributed by atoms with Crippen LogP contribution in [0.15, 0.2) is 28.4 Å². The molecule has 0 spiro atoms. The number of aromatic nitrogens is 3. The molecule has 5 rings (SSSR count). The molecule has 10 nitrogen and oxygen atoms in total. The lowest BCUT2D eigenvalue weighted by molar-refractivity contribution is 0.0844. The number of hydrogen-bond acceptors (Lipinski definition) is 8. The number of carbonyl (C=O) groups is 2. The highest BCUT2D eigenvalue weighted by Gasteiger charge is 2.19. The highest BCUT2D eigenvalue weighted by atomic mass is 32.1. The van der Waals surface area contributed by atoms with Crippen LogP contribution >= 0.6 is 11.3 Å². The summed E-state index contributed by atoms with van der Waals surface area (Å²) in [6.45, 7) is 3.40. The molecule has 1 aromatic carbocycles. The van der Waals surface area contributed by atoms with E-state index < -0.39 is 11.8 Å². The monoisotopic (exact) mass is 482 g/mol. The lowest BCUT2D eigenvalue weighted by Crippen LogP contribution is -2.42. The van der Waals surface area contributed by atoms with E-state index in [9.17, 15) is 14.4 Å². The Balaban J connectivity index is 1.28. The van der Waals surface area contributed by atoms with E-state index in [1.807, 2.05) is 0 Å². The first-order chi connectivity index (χ1) is 16.6. The number of nitrogens with zero attached hydrogens (tertiary/aromatic N) is 4. The predicted octanol–water partition coefficient (Wildman–Crippen LogP) is 1.88. The molecule has 2 aromatic heterocycles. The fourth-order valence-corrected chi connectivity index (χ4v) is 5.11. The molecule has 0 radical (unpaired) electrons. The Hall–Kier alpha value is -3.31. The Morgan fingerprint density at radius 1 is 0.971 bits per heavy atom. The lowest BCUT2D eigenvalue weighted by atomic mass is 10.1. The van der Waals surface area contributed by atoms with Crippen LogP contribution in [0.25, 0.3) is 10.9 Å². The van der Waals surface area contributed by atoms with Gasteiger partial charge in [-0.25, -0.2) is 9.97 Å². The van der Waals surface area contributed by atoms with E-state index in [4.69, 9.17) is 4.74 Å². The van der Waals surface area contributed by atoms with Crippen LogP contribution in [0.4, 0.5) is 5.13 Å². The van der Waals surface area contributed by atoms with Crippen molar-refractivity contribution in [2.24, 2.45) is 0 Å². The van der Waals surface area contributed by atoms with Crippen LogP contribution in [0.3, 0.4) is 0 Å². The number of aryl methyl sites for hydroxylation is 1. The van der Waals surface area contributed by atoms with Crippen LogP contribution in [0.5, 0.6) is 0 Å². The van der Waals surface area contributed by atoms with Crippen molar-refractivity contribution in [1.82, 2.24) is 25.4 Å². The Labute approximate surface area is 199 Å². The van der Waals surface area contributed by atoms with Gasteiger partial charge in [-0.05, 0) is 31.0 Å². The number of hydrogen-bond donors (Lipinski definition) is 2. The number of morpholine rings is 1. The average molecular weight is 483 g/mol. The number of ether oxygens (including phenoxy) is 1. The van der Waals surface area contributed by atoms with Crippen LogP contribution in [-0.4, -0.2) is 52.7 Å². The van der Waals surface area contributed by atoms with Gasteiger partial charge in [0.2, 0.25) is 0 Å². The van der Waals surface area contributed by atoms with Crippen molar-refractivity contribution in [3.05, 3.63) is 51.0 Å². The number of hydrazine groups is 1. The molecule has 4 heterocycles. The number of amides is 2. The maximum atomic E-state index is 13.0. The zero-order chi connectivity index (χ0) is 23.5. The van der Waals surface area contributed by atoms with E-state index in [2.05, 4.69) is 25.7 Å². The van der Waals surface area contributed by atoms with Gasteiger partial charge in [-0.3, -0.25) is 29.8 Å². The largest absolute Gasteiger partial charge is 0.378 e. The fourth-order valence-electron chi connectivity index (χ4n) is 4.25. The van der Waals surface area contributed by atoms with Gasteiger partial charge in [0.1, 0.15) is 11.5 Å². The SMILES string of the molecule is O=C(NNC(=O)c1csc(N2CCOCC2)n1)c1ccc2c(=O)n3c(nc2c1)CCCCCC3. The molecule has 0 bridgehead atoms. The third kappa shape index (κ3) is 4.66. The number of rotatable bonds is 3. The third-order valence-electron chi connectivity index (χ3n) is 6.12. The van der Waals surface area contributed by atoms with E-state index in [1.165, 1.54) is 11.3 Å². The second kappa shape index (κ2) is 9.90. The molecule has 0 saturated carbocycles. The summed E-state index contributed by atoms with van der Waals surface area (Å²) in [5.74, 6) is -0.224. The first kappa shape index (κ1) is 22.5. The maximum absolute atomic E-state index is 13.0. The lowest BCUT2D eigenvalue weighted by Gasteiger charge is -2.25.